The Hall–Kier alpha value is -2.61. The van der Waals surface area contributed by atoms with Gasteiger partial charge in [0.15, 0.2) is 11.0 Å². The van der Waals surface area contributed by atoms with Crippen molar-refractivity contribution >= 4 is 71.9 Å². The predicted molar refractivity (Wildman–Crippen MR) is 170 cm³/mol. The number of anilines is 2. The van der Waals surface area contributed by atoms with E-state index in [1.807, 2.05) is 79.7 Å². The third-order valence-electron chi connectivity index (χ3n) is 7.46. The van der Waals surface area contributed by atoms with Crippen LogP contribution in [0.3, 0.4) is 0 Å². The third-order valence-corrected chi connectivity index (χ3v) is 9.85. The molecule has 0 radical (unpaired) electrons. The van der Waals surface area contributed by atoms with E-state index in [0.717, 1.165) is 45.2 Å². The molecule has 3 aromatic rings. The second-order valence-corrected chi connectivity index (χ2v) is 14.3. The molecule has 0 unspecified atom stereocenters. The molecule has 0 spiro atoms. The minimum Gasteiger partial charge on any atom is -0.748 e. The maximum atomic E-state index is 11.3. The minimum atomic E-state index is -4.36. The molecule has 0 bridgehead atoms. The summed E-state index contributed by atoms with van der Waals surface area (Å²) in [5.41, 5.74) is 5.24. The van der Waals surface area contributed by atoms with Crippen molar-refractivity contribution in [3.63, 3.8) is 0 Å². The summed E-state index contributed by atoms with van der Waals surface area (Å²) in [7, 11) is -8.73. The first-order valence-corrected chi connectivity index (χ1v) is 17.9. The van der Waals surface area contributed by atoms with Gasteiger partial charge in [-0.1, -0.05) is 29.3 Å². The van der Waals surface area contributed by atoms with E-state index < -0.39 is 31.7 Å². The minimum absolute atomic E-state index is 0.151. The van der Waals surface area contributed by atoms with Crippen molar-refractivity contribution in [3.05, 3.63) is 69.2 Å². The van der Waals surface area contributed by atoms with Gasteiger partial charge in [0.2, 0.25) is 0 Å². The fourth-order valence-corrected chi connectivity index (χ4v) is 6.76. The lowest BCUT2D eigenvalue weighted by Gasteiger charge is -2.24. The van der Waals surface area contributed by atoms with Gasteiger partial charge in [-0.25, -0.2) is 26.0 Å². The van der Waals surface area contributed by atoms with Crippen LogP contribution in [0.25, 0.3) is 17.1 Å². The standard InChI is InChI=1S/C29H36Cl2N4O6S2/c1-5-32-26-18-22(30)20(3)16-24(26)34(12-8-14-42(36,37)38)28(32)10-7-11-29-33(6-2)27-19-23(31)21(4)17-25(27)35(29)13-9-15-43(39,40)41/h7,10-11,16-19H,5-6,8-9,12-15H2,1-4H3,(H-,36,37,38,39,40,41)/p-1. The molecule has 2 heterocycles. The van der Waals surface area contributed by atoms with Crippen molar-refractivity contribution < 1.29 is 30.5 Å². The topological polar surface area (TPSA) is 130 Å². The van der Waals surface area contributed by atoms with E-state index in [9.17, 15) is 25.9 Å². The molecule has 43 heavy (non-hydrogen) atoms. The van der Waals surface area contributed by atoms with Gasteiger partial charge in [-0.2, -0.15) is 0 Å². The van der Waals surface area contributed by atoms with Crippen molar-refractivity contribution in [2.45, 2.75) is 53.6 Å². The van der Waals surface area contributed by atoms with Crippen molar-refractivity contribution in [2.75, 3.05) is 34.4 Å². The van der Waals surface area contributed by atoms with Gasteiger partial charge in [-0.05, 0) is 75.9 Å². The first-order chi connectivity index (χ1) is 20.1. The maximum Gasteiger partial charge on any atom is 0.282 e. The molecular formula is C29H35Cl2N4O6S2-. The quantitative estimate of drug-likeness (QED) is 0.196. The molecule has 2 aromatic carbocycles. The summed E-state index contributed by atoms with van der Waals surface area (Å²) in [4.78, 5) is 4.06. The first-order valence-electron chi connectivity index (χ1n) is 14.0. The number of halogens is 2. The number of aromatic nitrogens is 2. The number of hydrogen-bond acceptors (Lipinski definition) is 8. The van der Waals surface area contributed by atoms with Crippen LogP contribution in [0, 0.1) is 13.8 Å². The van der Waals surface area contributed by atoms with Crippen molar-refractivity contribution in [1.29, 1.82) is 0 Å². The molecule has 0 fully saturated rings. The van der Waals surface area contributed by atoms with Crippen molar-refractivity contribution in [1.82, 2.24) is 4.57 Å². The Morgan fingerprint density at radius 2 is 1.44 bits per heavy atom. The number of aryl methyl sites for hydroxylation is 4. The number of allylic oxidation sites excluding steroid dienone is 2. The summed E-state index contributed by atoms with van der Waals surface area (Å²) >= 11 is 12.9. The second-order valence-electron chi connectivity index (χ2n) is 10.4. The molecule has 0 saturated carbocycles. The molecule has 1 aliphatic rings. The van der Waals surface area contributed by atoms with Crippen LogP contribution in [-0.2, 0) is 33.3 Å². The highest BCUT2D eigenvalue weighted by atomic mass is 35.5. The van der Waals surface area contributed by atoms with E-state index in [4.69, 9.17) is 23.2 Å². The van der Waals surface area contributed by atoms with Crippen LogP contribution in [0.5, 0.6) is 0 Å². The van der Waals surface area contributed by atoms with E-state index >= 15 is 0 Å². The summed E-state index contributed by atoms with van der Waals surface area (Å²) < 4.78 is 72.0. The van der Waals surface area contributed by atoms with E-state index in [0.29, 0.717) is 36.2 Å². The lowest BCUT2D eigenvalue weighted by molar-refractivity contribution is -0.673. The molecule has 14 heteroatoms. The number of rotatable bonds is 12. The summed E-state index contributed by atoms with van der Waals surface area (Å²) in [6.45, 7) is 9.63. The molecule has 0 aliphatic carbocycles. The highest BCUT2D eigenvalue weighted by molar-refractivity contribution is 7.85. The Kier molecular flexibility index (Phi) is 10.2. The summed E-state index contributed by atoms with van der Waals surface area (Å²) in [6.07, 6.45) is 6.02. The highest BCUT2D eigenvalue weighted by Gasteiger charge is 2.31. The van der Waals surface area contributed by atoms with Gasteiger partial charge in [0, 0.05) is 46.8 Å². The molecule has 1 aliphatic heterocycles. The van der Waals surface area contributed by atoms with Crippen LogP contribution in [0.4, 0.5) is 11.4 Å². The molecule has 234 valence electrons. The third kappa shape index (κ3) is 7.55. The van der Waals surface area contributed by atoms with Crippen LogP contribution < -0.4 is 14.4 Å². The van der Waals surface area contributed by atoms with Gasteiger partial charge in [0.05, 0.1) is 44.7 Å². The van der Waals surface area contributed by atoms with E-state index in [1.54, 1.807) is 0 Å². The zero-order valence-corrected chi connectivity index (χ0v) is 27.7. The summed E-state index contributed by atoms with van der Waals surface area (Å²) in [5, 5.41) is 1.22. The van der Waals surface area contributed by atoms with E-state index in [2.05, 4.69) is 9.47 Å². The number of nitrogens with zero attached hydrogens (tertiary/aromatic N) is 4. The van der Waals surface area contributed by atoms with Crippen LogP contribution in [0.1, 0.15) is 43.6 Å². The van der Waals surface area contributed by atoms with Crippen LogP contribution >= 0.6 is 23.2 Å². The fraction of sp³-hybridized carbons (Fsp3) is 0.414. The second kappa shape index (κ2) is 13.2. The van der Waals surface area contributed by atoms with Gasteiger partial charge in [0.1, 0.15) is 5.82 Å². The monoisotopic (exact) mass is 669 g/mol. The predicted octanol–water partition coefficient (Wildman–Crippen LogP) is 4.94. The van der Waals surface area contributed by atoms with E-state index in [-0.39, 0.29) is 12.8 Å². The molecule has 1 aromatic heterocycles. The lowest BCUT2D eigenvalue weighted by Crippen LogP contribution is -2.37. The van der Waals surface area contributed by atoms with Gasteiger partial charge >= 0.3 is 0 Å². The maximum absolute atomic E-state index is 11.3. The van der Waals surface area contributed by atoms with Crippen LogP contribution in [0.2, 0.25) is 10.0 Å². The van der Waals surface area contributed by atoms with Gasteiger partial charge < -0.3 is 18.9 Å². The van der Waals surface area contributed by atoms with Crippen LogP contribution in [0.15, 0.2) is 42.2 Å². The highest BCUT2D eigenvalue weighted by Crippen LogP contribution is 2.44. The number of benzene rings is 2. The molecule has 4 rings (SSSR count). The van der Waals surface area contributed by atoms with Gasteiger partial charge in [0.25, 0.3) is 5.82 Å². The summed E-state index contributed by atoms with van der Waals surface area (Å²) in [6, 6.07) is 7.68. The molecule has 0 saturated heterocycles. The Morgan fingerprint density at radius 3 is 2.07 bits per heavy atom. The van der Waals surface area contributed by atoms with Crippen molar-refractivity contribution in [2.24, 2.45) is 0 Å². The average molecular weight is 671 g/mol. The SMILES string of the molecule is CCN1/C(=C\C=C\c2n(CC)c3cc(Cl)c(C)cc3[n+]2CCCS(=O)(=O)[O-])N(CCCS(=O)(=O)[O-])c2cc(C)c(Cl)cc21. The van der Waals surface area contributed by atoms with E-state index in [1.165, 1.54) is 0 Å². The number of imidazole rings is 1. The zero-order valence-electron chi connectivity index (χ0n) is 24.5. The first kappa shape index (κ1) is 33.3. The normalized spacial score (nSPS) is 15.0. The largest absolute Gasteiger partial charge is 0.748 e. The number of fused-ring (bicyclic) bond motifs is 2. The Bertz CT molecular complexity index is 1820. The molecule has 0 N–H and O–H groups in total. The average Bonchev–Trinajstić information content (AvgIpc) is 3.34. The molecular weight excluding hydrogens is 635 g/mol. The zero-order chi connectivity index (χ0) is 31.7. The molecule has 0 amide bonds. The Balaban J connectivity index is 1.80. The lowest BCUT2D eigenvalue weighted by atomic mass is 10.2. The Labute approximate surface area is 263 Å². The van der Waals surface area contributed by atoms with Gasteiger partial charge in [-0.15, -0.1) is 0 Å². The fourth-order valence-electron chi connectivity index (χ4n) is 5.48. The van der Waals surface area contributed by atoms with Gasteiger partial charge in [-0.3, -0.25) is 0 Å². The smallest absolute Gasteiger partial charge is 0.282 e. The molecule has 0 atom stereocenters. The number of hydrogen-bond donors (Lipinski definition) is 0. The summed E-state index contributed by atoms with van der Waals surface area (Å²) in [5.74, 6) is 0.637. The molecule has 10 nitrogen and oxygen atoms in total. The Morgan fingerprint density at radius 1 is 0.837 bits per heavy atom. The van der Waals surface area contributed by atoms with Crippen LogP contribution in [-0.4, -0.2) is 55.1 Å². The van der Waals surface area contributed by atoms with Crippen molar-refractivity contribution in [3.8, 4) is 0 Å².